The zero-order chi connectivity index (χ0) is 33.7. The topological polar surface area (TPSA) is 109 Å². The van der Waals surface area contributed by atoms with Crippen LogP contribution in [0.2, 0.25) is 0 Å². The van der Waals surface area contributed by atoms with Crippen molar-refractivity contribution in [1.82, 2.24) is 30.0 Å². The van der Waals surface area contributed by atoms with E-state index in [0.717, 1.165) is 60.2 Å². The first-order valence-corrected chi connectivity index (χ1v) is 15.9. The van der Waals surface area contributed by atoms with E-state index in [-0.39, 0.29) is 23.3 Å². The van der Waals surface area contributed by atoms with Crippen molar-refractivity contribution in [2.24, 2.45) is 18.9 Å². The Labute approximate surface area is 276 Å². The lowest BCUT2D eigenvalue weighted by Crippen LogP contribution is -2.35. The number of rotatable bonds is 9. The third kappa shape index (κ3) is 7.60. The number of pyridine rings is 1. The monoisotopic (exact) mass is 649 g/mol. The second kappa shape index (κ2) is 14.2. The van der Waals surface area contributed by atoms with Crippen LogP contribution in [0.15, 0.2) is 91.5 Å². The molecule has 1 atom stereocenters. The highest BCUT2D eigenvalue weighted by Crippen LogP contribution is 2.39. The Balaban J connectivity index is 1.16. The summed E-state index contributed by atoms with van der Waals surface area (Å²) >= 11 is 0. The number of benzene rings is 2. The normalized spacial score (nSPS) is 17.0. The molecular formula is C37H34F3N7O. The molecule has 1 N–H and O–H groups in total. The molecule has 5 aromatic rings. The predicted octanol–water partition coefficient (Wildman–Crippen LogP) is 7.28. The molecule has 1 fully saturated rings. The number of hydrogen-bond acceptors (Lipinski definition) is 6. The summed E-state index contributed by atoms with van der Waals surface area (Å²) < 4.78 is 41.0. The van der Waals surface area contributed by atoms with Gasteiger partial charge in [-0.3, -0.25) is 14.5 Å². The molecule has 0 radical (unpaired) electrons. The molecule has 0 aliphatic heterocycles. The van der Waals surface area contributed by atoms with Gasteiger partial charge >= 0.3 is 6.18 Å². The SMILES string of the molecule is Cn1cc(-c2ccc(C(C(=O)NCc3ccccc3)C3CCC(Cc4ncc(C#N)c(-c5ccc(C(F)(F)F)cc5)n4)CC3)nc2)cn1. The van der Waals surface area contributed by atoms with Gasteiger partial charge < -0.3 is 5.32 Å². The zero-order valence-corrected chi connectivity index (χ0v) is 26.4. The van der Waals surface area contributed by atoms with Crippen LogP contribution in [0, 0.1) is 23.2 Å². The van der Waals surface area contributed by atoms with E-state index in [0.29, 0.717) is 30.0 Å². The van der Waals surface area contributed by atoms with E-state index in [9.17, 15) is 23.2 Å². The van der Waals surface area contributed by atoms with Crippen LogP contribution in [-0.4, -0.2) is 30.6 Å². The Morgan fingerprint density at radius 2 is 1.67 bits per heavy atom. The maximum atomic E-state index is 13.8. The number of carbonyl (C=O) groups excluding carboxylic acids is 1. The van der Waals surface area contributed by atoms with Gasteiger partial charge in [-0.25, -0.2) is 9.97 Å². The summed E-state index contributed by atoms with van der Waals surface area (Å²) in [6.07, 6.45) is 6.37. The van der Waals surface area contributed by atoms with Crippen molar-refractivity contribution in [3.63, 3.8) is 0 Å². The van der Waals surface area contributed by atoms with Gasteiger partial charge in [-0.1, -0.05) is 48.5 Å². The van der Waals surface area contributed by atoms with Crippen molar-refractivity contribution in [2.75, 3.05) is 0 Å². The van der Waals surface area contributed by atoms with Gasteiger partial charge in [0.15, 0.2) is 0 Å². The number of hydrogen-bond donors (Lipinski definition) is 1. The molecule has 11 heteroatoms. The Kier molecular flexibility index (Phi) is 9.62. The molecule has 3 heterocycles. The first-order chi connectivity index (χ1) is 23.2. The van der Waals surface area contributed by atoms with Gasteiger partial charge in [-0.05, 0) is 61.3 Å². The average Bonchev–Trinajstić information content (AvgIpc) is 3.54. The first-order valence-electron chi connectivity index (χ1n) is 15.9. The lowest BCUT2D eigenvalue weighted by molar-refractivity contribution is -0.137. The standard InChI is InChI=1S/C37H34F3N7O/c1-47-23-30(22-45-47)28-13-16-32(42-20-28)34(36(48)44-19-25-5-3-2-4-6-25)26-9-7-24(8-10-26)17-33-43-21-29(18-41)35(46-33)27-11-14-31(15-12-27)37(38,39)40/h2-6,11-16,20-24,26,34H,7-10,17,19H2,1H3,(H,44,48). The molecule has 244 valence electrons. The second-order valence-electron chi connectivity index (χ2n) is 12.3. The number of nitrogens with zero attached hydrogens (tertiary/aromatic N) is 6. The number of nitrogens with one attached hydrogen (secondary N) is 1. The molecule has 2 aromatic carbocycles. The van der Waals surface area contributed by atoms with Gasteiger partial charge in [0.05, 0.1) is 34.6 Å². The van der Waals surface area contributed by atoms with Crippen LogP contribution in [0.3, 0.4) is 0 Å². The summed E-state index contributed by atoms with van der Waals surface area (Å²) in [6, 6.07) is 20.4. The minimum absolute atomic E-state index is 0.0551. The Hall–Kier alpha value is -5.37. The van der Waals surface area contributed by atoms with E-state index in [1.54, 1.807) is 17.1 Å². The highest BCUT2D eigenvalue weighted by molar-refractivity contribution is 5.83. The van der Waals surface area contributed by atoms with E-state index in [4.69, 9.17) is 4.98 Å². The van der Waals surface area contributed by atoms with E-state index in [1.807, 2.05) is 55.7 Å². The van der Waals surface area contributed by atoms with Gasteiger partial charge in [-0.2, -0.15) is 23.5 Å². The molecule has 1 aliphatic carbocycles. The number of carbonyl (C=O) groups is 1. The van der Waals surface area contributed by atoms with Crippen LogP contribution in [0.25, 0.3) is 22.4 Å². The van der Waals surface area contributed by atoms with Crippen molar-refractivity contribution >= 4 is 5.91 Å². The number of halogens is 3. The number of aryl methyl sites for hydroxylation is 1. The summed E-state index contributed by atoms with van der Waals surface area (Å²) in [6.45, 7) is 0.427. The molecule has 1 aliphatic rings. The van der Waals surface area contributed by atoms with E-state index in [2.05, 4.69) is 26.5 Å². The number of alkyl halides is 3. The van der Waals surface area contributed by atoms with Gasteiger partial charge in [0, 0.05) is 55.3 Å². The lowest BCUT2D eigenvalue weighted by Gasteiger charge is -2.33. The van der Waals surface area contributed by atoms with Gasteiger partial charge in [0.25, 0.3) is 0 Å². The van der Waals surface area contributed by atoms with Crippen LogP contribution >= 0.6 is 0 Å². The number of nitriles is 1. The fourth-order valence-corrected chi connectivity index (χ4v) is 6.43. The van der Waals surface area contributed by atoms with Crippen LogP contribution in [0.5, 0.6) is 0 Å². The summed E-state index contributed by atoms with van der Waals surface area (Å²) in [7, 11) is 1.86. The third-order valence-electron chi connectivity index (χ3n) is 9.01. The summed E-state index contributed by atoms with van der Waals surface area (Å²) in [4.78, 5) is 27.6. The van der Waals surface area contributed by atoms with Crippen molar-refractivity contribution in [3.05, 3.63) is 120 Å². The van der Waals surface area contributed by atoms with Crippen molar-refractivity contribution < 1.29 is 18.0 Å². The van der Waals surface area contributed by atoms with E-state index >= 15 is 0 Å². The molecule has 1 amide bonds. The van der Waals surface area contributed by atoms with Crippen LogP contribution in [0.4, 0.5) is 13.2 Å². The molecule has 0 bridgehead atoms. The molecule has 1 unspecified atom stereocenters. The Morgan fingerprint density at radius 1 is 0.938 bits per heavy atom. The summed E-state index contributed by atoms with van der Waals surface area (Å²) in [5, 5.41) is 17.0. The van der Waals surface area contributed by atoms with E-state index < -0.39 is 17.7 Å². The maximum Gasteiger partial charge on any atom is 0.416 e. The van der Waals surface area contributed by atoms with Crippen LogP contribution in [0.1, 0.15) is 59.8 Å². The molecule has 6 rings (SSSR count). The van der Waals surface area contributed by atoms with Crippen molar-refractivity contribution in [3.8, 4) is 28.5 Å². The molecule has 48 heavy (non-hydrogen) atoms. The zero-order valence-electron chi connectivity index (χ0n) is 26.4. The molecule has 1 saturated carbocycles. The fourth-order valence-electron chi connectivity index (χ4n) is 6.43. The van der Waals surface area contributed by atoms with Crippen LogP contribution < -0.4 is 5.32 Å². The molecule has 3 aromatic heterocycles. The molecule has 8 nitrogen and oxygen atoms in total. The number of aromatic nitrogens is 5. The van der Waals surface area contributed by atoms with Gasteiger partial charge in [0.1, 0.15) is 11.9 Å². The summed E-state index contributed by atoms with van der Waals surface area (Å²) in [5.41, 5.74) is 3.82. The minimum atomic E-state index is -4.45. The smallest absolute Gasteiger partial charge is 0.351 e. The highest BCUT2D eigenvalue weighted by Gasteiger charge is 2.35. The fraction of sp³-hybridized carbons (Fsp3) is 0.297. The third-order valence-corrected chi connectivity index (χ3v) is 9.01. The Morgan fingerprint density at radius 3 is 2.29 bits per heavy atom. The van der Waals surface area contributed by atoms with E-state index in [1.165, 1.54) is 18.3 Å². The molecule has 0 saturated heterocycles. The highest BCUT2D eigenvalue weighted by atomic mass is 19.4. The van der Waals surface area contributed by atoms with Crippen molar-refractivity contribution in [1.29, 1.82) is 5.26 Å². The quantitative estimate of drug-likeness (QED) is 0.180. The predicted molar refractivity (Wildman–Crippen MR) is 174 cm³/mol. The average molecular weight is 650 g/mol. The van der Waals surface area contributed by atoms with Crippen molar-refractivity contribution in [2.45, 2.75) is 50.7 Å². The summed E-state index contributed by atoms with van der Waals surface area (Å²) in [5.74, 6) is 0.398. The molecular weight excluding hydrogens is 615 g/mol. The lowest BCUT2D eigenvalue weighted by atomic mass is 9.73. The van der Waals surface area contributed by atoms with Gasteiger partial charge in [-0.15, -0.1) is 0 Å². The largest absolute Gasteiger partial charge is 0.416 e. The first kappa shape index (κ1) is 32.6. The second-order valence-corrected chi connectivity index (χ2v) is 12.3. The minimum Gasteiger partial charge on any atom is -0.351 e. The Bertz CT molecular complexity index is 1890. The van der Waals surface area contributed by atoms with Crippen LogP contribution in [-0.2, 0) is 31.0 Å². The maximum absolute atomic E-state index is 13.8. The molecule has 0 spiro atoms. The number of amides is 1. The van der Waals surface area contributed by atoms with Gasteiger partial charge in [0.2, 0.25) is 5.91 Å².